The van der Waals surface area contributed by atoms with Crippen LogP contribution in [0.3, 0.4) is 0 Å². The van der Waals surface area contributed by atoms with Gasteiger partial charge in [0.1, 0.15) is 12.6 Å². The molecule has 1 aliphatic heterocycles. The number of carbonyl (C=O) groups excluding carboxylic acids is 1. The molecule has 126 valence electrons. The normalized spacial score (nSPS) is 18.8. The quantitative estimate of drug-likeness (QED) is 0.605. The molecule has 1 aliphatic rings. The average Bonchev–Trinajstić information content (AvgIpc) is 2.79. The van der Waals surface area contributed by atoms with Gasteiger partial charge in [0.25, 0.3) is 5.91 Å². The van der Waals surface area contributed by atoms with Crippen molar-refractivity contribution < 1.29 is 19.0 Å². The van der Waals surface area contributed by atoms with Gasteiger partial charge in [-0.05, 0) is 43.8 Å². The molecule has 0 aromatic heterocycles. The first kappa shape index (κ1) is 17.5. The van der Waals surface area contributed by atoms with Crippen LogP contribution in [-0.4, -0.2) is 49.4 Å². The highest BCUT2D eigenvalue weighted by Crippen LogP contribution is 2.33. The molecule has 1 N–H and O–H groups in total. The molecule has 2 unspecified atom stereocenters. The van der Waals surface area contributed by atoms with Crippen molar-refractivity contribution in [3.8, 4) is 11.5 Å². The van der Waals surface area contributed by atoms with Gasteiger partial charge < -0.3 is 19.5 Å². The Morgan fingerprint density at radius 3 is 2.61 bits per heavy atom. The van der Waals surface area contributed by atoms with Crippen LogP contribution < -0.4 is 14.8 Å². The number of rotatable bonds is 7. The number of nitrogens with one attached hydrogen (secondary N) is 1. The summed E-state index contributed by atoms with van der Waals surface area (Å²) < 4.78 is 16.0. The van der Waals surface area contributed by atoms with E-state index in [1.165, 1.54) is 0 Å². The first-order valence-corrected chi connectivity index (χ1v) is 7.83. The van der Waals surface area contributed by atoms with Crippen molar-refractivity contribution in [3.63, 3.8) is 0 Å². The summed E-state index contributed by atoms with van der Waals surface area (Å²) in [6, 6.07) is 5.14. The maximum absolute atomic E-state index is 12.2. The fourth-order valence-corrected chi connectivity index (χ4v) is 2.86. The molecule has 6 nitrogen and oxygen atoms in total. The Hall–Kier alpha value is -1.86. The van der Waals surface area contributed by atoms with Crippen molar-refractivity contribution in [1.29, 1.82) is 0 Å². The molecule has 1 aromatic rings. The summed E-state index contributed by atoms with van der Waals surface area (Å²) in [4.78, 5) is 13.8. The lowest BCUT2D eigenvalue weighted by atomic mass is 10.1. The van der Waals surface area contributed by atoms with Crippen molar-refractivity contribution in [3.05, 3.63) is 23.8 Å². The third-order valence-electron chi connectivity index (χ3n) is 3.77. The Morgan fingerprint density at radius 2 is 2.04 bits per heavy atom. The van der Waals surface area contributed by atoms with Gasteiger partial charge in [-0.2, -0.15) is 0 Å². The molecule has 7 heteroatoms. The van der Waals surface area contributed by atoms with Gasteiger partial charge in [0.2, 0.25) is 0 Å². The number of hydrogen-bond acceptors (Lipinski definition) is 5. The first-order valence-electron chi connectivity index (χ1n) is 7.42. The second-order valence-electron chi connectivity index (χ2n) is 5.31. The van der Waals surface area contributed by atoms with Crippen molar-refractivity contribution in [2.75, 3.05) is 27.4 Å². The van der Waals surface area contributed by atoms with Crippen molar-refractivity contribution in [1.82, 2.24) is 10.2 Å². The van der Waals surface area contributed by atoms with E-state index in [9.17, 15) is 4.79 Å². The number of amides is 1. The molecule has 0 bridgehead atoms. The zero-order valence-electron chi connectivity index (χ0n) is 13.8. The van der Waals surface area contributed by atoms with Gasteiger partial charge in [0.15, 0.2) is 16.6 Å². The number of hydrogen-bond donors (Lipinski definition) is 1. The minimum atomic E-state index is -0.288. The Kier molecular flexibility index (Phi) is 5.79. The van der Waals surface area contributed by atoms with E-state index in [1.807, 2.05) is 25.1 Å². The molecule has 1 aromatic carbocycles. The number of carbonyl (C=O) groups is 1. The largest absolute Gasteiger partial charge is 0.493 e. The number of benzene rings is 1. The fraction of sp³-hybridized carbons (Fsp3) is 0.500. The topological polar surface area (TPSA) is 60.0 Å². The Balaban J connectivity index is 2.19. The van der Waals surface area contributed by atoms with Gasteiger partial charge in [0, 0.05) is 7.11 Å². The summed E-state index contributed by atoms with van der Waals surface area (Å²) >= 11 is 5.25. The minimum absolute atomic E-state index is 0.0260. The maximum Gasteiger partial charge on any atom is 0.251 e. The second kappa shape index (κ2) is 7.61. The Bertz CT molecular complexity index is 593. The van der Waals surface area contributed by atoms with E-state index in [1.54, 1.807) is 26.0 Å². The van der Waals surface area contributed by atoms with Crippen molar-refractivity contribution >= 4 is 23.2 Å². The number of thiocarbonyl (C=S) groups is 1. The molecule has 2 atom stereocenters. The van der Waals surface area contributed by atoms with Gasteiger partial charge in [-0.15, -0.1) is 0 Å². The zero-order valence-corrected chi connectivity index (χ0v) is 14.6. The van der Waals surface area contributed by atoms with Crippen LogP contribution in [0.25, 0.3) is 0 Å². The van der Waals surface area contributed by atoms with Gasteiger partial charge in [-0.25, -0.2) is 0 Å². The van der Waals surface area contributed by atoms with Crippen LogP contribution in [0.5, 0.6) is 11.5 Å². The molecule has 1 saturated heterocycles. The van der Waals surface area contributed by atoms with Crippen LogP contribution in [-0.2, 0) is 9.53 Å². The third-order valence-corrected chi connectivity index (χ3v) is 4.08. The van der Waals surface area contributed by atoms with Gasteiger partial charge in [-0.1, -0.05) is 6.07 Å². The SMILES string of the molecule is COCCOc1ccc(C(C)N2C(=O)C(C)NC2=S)cc1OC. The lowest BCUT2D eigenvalue weighted by Gasteiger charge is -2.24. The van der Waals surface area contributed by atoms with E-state index in [0.717, 1.165) is 5.56 Å². The predicted octanol–water partition coefficient (Wildman–Crippen LogP) is 1.89. The van der Waals surface area contributed by atoms with Crippen LogP contribution in [0.4, 0.5) is 0 Å². The second-order valence-corrected chi connectivity index (χ2v) is 5.69. The Morgan fingerprint density at radius 1 is 1.30 bits per heavy atom. The molecule has 2 rings (SSSR count). The molecule has 0 aliphatic carbocycles. The molecule has 1 fully saturated rings. The molecule has 0 radical (unpaired) electrons. The Labute approximate surface area is 141 Å². The summed E-state index contributed by atoms with van der Waals surface area (Å²) in [5, 5.41) is 3.43. The summed E-state index contributed by atoms with van der Waals surface area (Å²) in [7, 11) is 3.21. The van der Waals surface area contributed by atoms with E-state index in [-0.39, 0.29) is 18.0 Å². The van der Waals surface area contributed by atoms with Gasteiger partial charge in [-0.3, -0.25) is 9.69 Å². The lowest BCUT2D eigenvalue weighted by Crippen LogP contribution is -2.33. The molecular weight excluding hydrogens is 316 g/mol. The van der Waals surface area contributed by atoms with Crippen LogP contribution in [0.2, 0.25) is 0 Å². The maximum atomic E-state index is 12.2. The molecule has 1 amide bonds. The van der Waals surface area contributed by atoms with E-state index in [0.29, 0.717) is 29.8 Å². The number of methoxy groups -OCH3 is 2. The number of nitrogens with zero attached hydrogens (tertiary/aromatic N) is 1. The highest BCUT2D eigenvalue weighted by Gasteiger charge is 2.36. The summed E-state index contributed by atoms with van der Waals surface area (Å²) in [5.74, 6) is 1.23. The van der Waals surface area contributed by atoms with E-state index in [4.69, 9.17) is 26.4 Å². The van der Waals surface area contributed by atoms with Crippen LogP contribution in [0, 0.1) is 0 Å². The zero-order chi connectivity index (χ0) is 17.0. The molecular formula is C16H22N2O4S. The highest BCUT2D eigenvalue weighted by atomic mass is 32.1. The molecule has 0 saturated carbocycles. The number of ether oxygens (including phenoxy) is 3. The lowest BCUT2D eigenvalue weighted by molar-refractivity contribution is -0.128. The molecule has 0 spiro atoms. The molecule has 23 heavy (non-hydrogen) atoms. The summed E-state index contributed by atoms with van der Waals surface area (Å²) in [6.07, 6.45) is 0. The average molecular weight is 338 g/mol. The fourth-order valence-electron chi connectivity index (χ4n) is 2.44. The predicted molar refractivity (Wildman–Crippen MR) is 90.8 cm³/mol. The minimum Gasteiger partial charge on any atom is -0.493 e. The van der Waals surface area contributed by atoms with Crippen LogP contribution in [0.1, 0.15) is 25.5 Å². The van der Waals surface area contributed by atoms with E-state index >= 15 is 0 Å². The van der Waals surface area contributed by atoms with Crippen molar-refractivity contribution in [2.24, 2.45) is 0 Å². The smallest absolute Gasteiger partial charge is 0.251 e. The third kappa shape index (κ3) is 3.73. The standard InChI is InChI=1S/C16H22N2O4S/c1-10-15(19)18(16(23)17-10)11(2)12-5-6-13(14(9-12)21-4)22-8-7-20-3/h5-6,9-11H,7-8H2,1-4H3,(H,17,23). The van der Waals surface area contributed by atoms with E-state index < -0.39 is 0 Å². The van der Waals surface area contributed by atoms with Crippen LogP contribution >= 0.6 is 12.2 Å². The summed E-state index contributed by atoms with van der Waals surface area (Å²) in [5.41, 5.74) is 0.924. The monoisotopic (exact) mass is 338 g/mol. The van der Waals surface area contributed by atoms with E-state index in [2.05, 4.69) is 5.32 Å². The highest BCUT2D eigenvalue weighted by molar-refractivity contribution is 7.80. The van der Waals surface area contributed by atoms with Crippen LogP contribution in [0.15, 0.2) is 18.2 Å². The van der Waals surface area contributed by atoms with Gasteiger partial charge in [0.05, 0.1) is 19.8 Å². The van der Waals surface area contributed by atoms with Crippen molar-refractivity contribution in [2.45, 2.75) is 25.9 Å². The molecule has 1 heterocycles. The van der Waals surface area contributed by atoms with Gasteiger partial charge >= 0.3 is 0 Å². The summed E-state index contributed by atoms with van der Waals surface area (Å²) in [6.45, 7) is 4.68. The first-order chi connectivity index (χ1) is 11.0.